The van der Waals surface area contributed by atoms with Crippen LogP contribution in [0.3, 0.4) is 0 Å². The highest BCUT2D eigenvalue weighted by molar-refractivity contribution is 6.62. The lowest BCUT2D eigenvalue weighted by Gasteiger charge is -2.41. The second-order valence-corrected chi connectivity index (χ2v) is 11.3. The van der Waals surface area contributed by atoms with E-state index >= 15 is 0 Å². The number of hydrogen-bond acceptors (Lipinski definition) is 0. The largest absolute Gasteiger partial charge is 0.145 e. The van der Waals surface area contributed by atoms with Crippen molar-refractivity contribution in [1.29, 1.82) is 0 Å². The minimum absolute atomic E-state index is 0.464. The van der Waals surface area contributed by atoms with Gasteiger partial charge in [-0.3, -0.25) is 0 Å². The molecule has 25 heavy (non-hydrogen) atoms. The minimum Gasteiger partial charge on any atom is -0.0854 e. The smallest absolute Gasteiger partial charge is 0.0854 e. The summed E-state index contributed by atoms with van der Waals surface area (Å²) in [6, 6.07) is 0. The van der Waals surface area contributed by atoms with Gasteiger partial charge in [-0.25, -0.2) is 0 Å². The Morgan fingerprint density at radius 2 is 1.64 bits per heavy atom. The Labute approximate surface area is 162 Å². The van der Waals surface area contributed by atoms with Crippen molar-refractivity contribution in [3.63, 3.8) is 0 Å². The highest BCUT2D eigenvalue weighted by atomic mass is 14.3. The molecule has 146 valence electrons. The van der Waals surface area contributed by atoms with E-state index in [1.165, 1.54) is 58.6 Å². The fraction of sp³-hybridized carbons (Fsp3) is 1.00. The molecule has 0 amide bonds. The second kappa shape index (κ2) is 9.89. The summed E-state index contributed by atoms with van der Waals surface area (Å²) in [5, 5.41) is 0.464. The van der Waals surface area contributed by atoms with E-state index in [9.17, 15) is 0 Å². The fourth-order valence-corrected chi connectivity index (χ4v) is 5.34. The first kappa shape index (κ1) is 23.2. The molecule has 0 aliphatic heterocycles. The van der Waals surface area contributed by atoms with Crippen LogP contribution in [0.4, 0.5) is 0 Å². The van der Waals surface area contributed by atoms with Gasteiger partial charge in [-0.2, -0.15) is 0 Å². The molecule has 1 fully saturated rings. The lowest BCUT2D eigenvalue weighted by atomic mass is 9.27. The topological polar surface area (TPSA) is 0 Å². The summed E-state index contributed by atoms with van der Waals surface area (Å²) < 4.78 is 0. The third-order valence-corrected chi connectivity index (χ3v) is 8.09. The van der Waals surface area contributed by atoms with Crippen LogP contribution >= 0.6 is 0 Å². The Hall–Kier alpha value is 0.130. The van der Waals surface area contributed by atoms with E-state index in [2.05, 4.69) is 62.2 Å². The molecule has 3 unspecified atom stereocenters. The molecule has 0 aromatic carbocycles. The maximum Gasteiger partial charge on any atom is 0.145 e. The van der Waals surface area contributed by atoms with Crippen molar-refractivity contribution in [3.05, 3.63) is 0 Å². The zero-order valence-corrected chi connectivity index (χ0v) is 19.3. The van der Waals surface area contributed by atoms with Gasteiger partial charge in [-0.05, 0) is 11.3 Å². The van der Waals surface area contributed by atoms with Gasteiger partial charge in [0.15, 0.2) is 0 Å². The predicted octanol–water partition coefficient (Wildman–Crippen LogP) is 8.13. The molecule has 1 aliphatic rings. The Morgan fingerprint density at radius 3 is 2.12 bits per heavy atom. The van der Waals surface area contributed by atoms with Gasteiger partial charge in [-0.1, -0.05) is 136 Å². The van der Waals surface area contributed by atoms with Crippen LogP contribution in [0.2, 0.25) is 29.6 Å². The van der Waals surface area contributed by atoms with Gasteiger partial charge in [0.05, 0.1) is 0 Å². The number of hydrogen-bond donors (Lipinski definition) is 0. The molecular weight excluding hydrogens is 298 g/mol. The first-order valence-electron chi connectivity index (χ1n) is 11.5. The average Bonchev–Trinajstić information content (AvgIpc) is 2.46. The van der Waals surface area contributed by atoms with Crippen LogP contribution < -0.4 is 0 Å². The first-order valence-corrected chi connectivity index (χ1v) is 11.5. The molecule has 0 bridgehead atoms. The first-order chi connectivity index (χ1) is 11.5. The number of rotatable bonds is 12. The summed E-state index contributed by atoms with van der Waals surface area (Å²) in [7, 11) is 1.48. The molecule has 1 rings (SSSR count). The van der Waals surface area contributed by atoms with Crippen LogP contribution in [0, 0.1) is 11.3 Å². The molecule has 0 nitrogen and oxygen atoms in total. The van der Waals surface area contributed by atoms with E-state index in [0.717, 1.165) is 30.1 Å². The summed E-state index contributed by atoms with van der Waals surface area (Å²) in [6.07, 6.45) is 11.4. The summed E-state index contributed by atoms with van der Waals surface area (Å²) in [4.78, 5) is 0. The van der Waals surface area contributed by atoms with Crippen LogP contribution in [0.1, 0.15) is 107 Å². The highest BCUT2D eigenvalue weighted by Crippen LogP contribution is 2.48. The molecule has 0 aromatic rings. The quantitative estimate of drug-likeness (QED) is 0.313. The zero-order chi connectivity index (χ0) is 19.3. The van der Waals surface area contributed by atoms with Crippen molar-refractivity contribution >= 4 is 14.0 Å². The van der Waals surface area contributed by atoms with Gasteiger partial charge in [0.25, 0.3) is 0 Å². The Kier molecular flexibility index (Phi) is 9.17. The lowest BCUT2D eigenvalue weighted by molar-refractivity contribution is 0.193. The summed E-state index contributed by atoms with van der Waals surface area (Å²) in [5.41, 5.74) is 0.469. The maximum absolute atomic E-state index is 2.54. The van der Waals surface area contributed by atoms with E-state index in [4.69, 9.17) is 0 Å². The molecule has 3 atom stereocenters. The Bertz CT molecular complexity index is 370. The van der Waals surface area contributed by atoms with Crippen LogP contribution in [0.25, 0.3) is 0 Å². The summed E-state index contributed by atoms with van der Waals surface area (Å²) in [5.74, 6) is 3.59. The van der Waals surface area contributed by atoms with E-state index in [1.807, 2.05) is 0 Å². The van der Waals surface area contributed by atoms with Crippen molar-refractivity contribution in [2.24, 2.45) is 11.3 Å². The fourth-order valence-electron chi connectivity index (χ4n) is 5.34. The van der Waals surface area contributed by atoms with Crippen LogP contribution in [0.5, 0.6) is 0 Å². The molecular formula is C23H48B2. The van der Waals surface area contributed by atoms with E-state index in [-0.39, 0.29) is 0 Å². The molecule has 0 spiro atoms. The van der Waals surface area contributed by atoms with Crippen molar-refractivity contribution in [1.82, 2.24) is 0 Å². The normalized spacial score (nSPS) is 19.9. The lowest BCUT2D eigenvalue weighted by Crippen LogP contribution is -2.34. The summed E-state index contributed by atoms with van der Waals surface area (Å²) in [6.45, 7) is 23.3. The van der Waals surface area contributed by atoms with Crippen molar-refractivity contribution < 1.29 is 0 Å². The van der Waals surface area contributed by atoms with Gasteiger partial charge in [0, 0.05) is 0 Å². The van der Waals surface area contributed by atoms with Gasteiger partial charge in [0.2, 0.25) is 0 Å². The third-order valence-electron chi connectivity index (χ3n) is 8.09. The predicted molar refractivity (Wildman–Crippen MR) is 121 cm³/mol. The minimum atomic E-state index is 0.464. The Morgan fingerprint density at radius 1 is 1.04 bits per heavy atom. The molecule has 2 heteroatoms. The monoisotopic (exact) mass is 346 g/mol. The van der Waals surface area contributed by atoms with E-state index in [1.54, 1.807) is 0 Å². The second-order valence-electron chi connectivity index (χ2n) is 11.3. The Balaban J connectivity index is 2.54. The van der Waals surface area contributed by atoms with Crippen molar-refractivity contribution in [3.8, 4) is 0 Å². The third kappa shape index (κ3) is 7.34. The molecule has 0 heterocycles. The average molecular weight is 346 g/mol. The molecule has 0 saturated heterocycles. The van der Waals surface area contributed by atoms with Crippen molar-refractivity contribution in [2.75, 3.05) is 0 Å². The maximum atomic E-state index is 2.54. The van der Waals surface area contributed by atoms with Crippen LogP contribution in [-0.4, -0.2) is 14.0 Å². The van der Waals surface area contributed by atoms with Gasteiger partial charge < -0.3 is 0 Å². The van der Waals surface area contributed by atoms with Gasteiger partial charge >= 0.3 is 0 Å². The molecule has 1 saturated carbocycles. The van der Waals surface area contributed by atoms with E-state index in [0.29, 0.717) is 10.7 Å². The zero-order valence-electron chi connectivity index (χ0n) is 19.3. The van der Waals surface area contributed by atoms with Crippen LogP contribution in [0.15, 0.2) is 0 Å². The van der Waals surface area contributed by atoms with E-state index < -0.39 is 0 Å². The SMILES string of the molecule is CCCCC(C)C(C)(C)CC(C)B(C)C(C)(C)CC(C)BC1CCC1. The number of unbranched alkanes of at least 4 members (excludes halogenated alkanes) is 1. The highest BCUT2D eigenvalue weighted by Gasteiger charge is 2.38. The molecule has 1 aliphatic carbocycles. The van der Waals surface area contributed by atoms with Crippen LogP contribution in [-0.2, 0) is 0 Å². The van der Waals surface area contributed by atoms with Crippen molar-refractivity contribution in [2.45, 2.75) is 136 Å². The van der Waals surface area contributed by atoms with Gasteiger partial charge in [0.1, 0.15) is 14.0 Å². The molecule has 0 aromatic heterocycles. The van der Waals surface area contributed by atoms with Gasteiger partial charge in [-0.15, -0.1) is 0 Å². The molecule has 0 N–H and O–H groups in total. The summed E-state index contributed by atoms with van der Waals surface area (Å²) >= 11 is 0. The molecule has 0 radical (unpaired) electrons. The standard InChI is InChI=1S/C23H48B2/c1-10-11-13-18(2)22(5,6)17-20(4)25(9)23(7,8)16-19(3)24-21-14-12-15-21/h18-21,24H,10-17H2,1-9H3.